The van der Waals surface area contributed by atoms with Crippen molar-refractivity contribution in [2.24, 2.45) is 0 Å². The van der Waals surface area contributed by atoms with E-state index in [-0.39, 0.29) is 6.04 Å². The molecule has 0 bridgehead atoms. The van der Waals surface area contributed by atoms with Crippen LogP contribution in [0, 0.1) is 0 Å². The second kappa shape index (κ2) is 4.58. The van der Waals surface area contributed by atoms with Crippen LogP contribution in [0.4, 0.5) is 0 Å². The molecule has 1 aliphatic rings. The fourth-order valence-electron chi connectivity index (χ4n) is 1.80. The lowest BCUT2D eigenvalue weighted by atomic mass is 10.1. The van der Waals surface area contributed by atoms with E-state index >= 15 is 0 Å². The second-order valence-corrected chi connectivity index (χ2v) is 3.32. The van der Waals surface area contributed by atoms with Gasteiger partial charge in [0.15, 0.2) is 0 Å². The number of carbonyl (C=O) groups is 1. The normalized spacial score (nSPS) is 22.2. The molecule has 3 nitrogen and oxygen atoms in total. The molecular weight excluding hydrogens is 152 g/mol. The summed E-state index contributed by atoms with van der Waals surface area (Å²) in [6.45, 7) is 7.83. The highest BCUT2D eigenvalue weighted by atomic mass is 16.1. The summed E-state index contributed by atoms with van der Waals surface area (Å²) in [7, 11) is 0. The van der Waals surface area contributed by atoms with Crippen LogP contribution in [0.15, 0.2) is 0 Å². The van der Waals surface area contributed by atoms with Gasteiger partial charge >= 0.3 is 0 Å². The predicted octanol–water partition coefficient (Wildman–Crippen LogP) is 0.259. The molecule has 0 radical (unpaired) electrons. The van der Waals surface area contributed by atoms with Crippen LogP contribution in [0.2, 0.25) is 0 Å². The maximum Gasteiger partial charge on any atom is 0.146 e. The number of rotatable bonds is 3. The fourth-order valence-corrected chi connectivity index (χ4v) is 1.80. The Morgan fingerprint density at radius 3 is 2.50 bits per heavy atom. The van der Waals surface area contributed by atoms with Gasteiger partial charge in [-0.1, -0.05) is 6.92 Å². The van der Waals surface area contributed by atoms with Crippen LogP contribution in [-0.2, 0) is 4.79 Å². The summed E-state index contributed by atoms with van der Waals surface area (Å²) in [4.78, 5) is 13.5. The predicted molar refractivity (Wildman–Crippen MR) is 49.2 cm³/mol. The molecular formula is C9H18N2O. The maximum absolute atomic E-state index is 11.2. The van der Waals surface area contributed by atoms with E-state index in [1.54, 1.807) is 6.92 Å². The van der Waals surface area contributed by atoms with Gasteiger partial charge in [0.1, 0.15) is 5.78 Å². The molecule has 12 heavy (non-hydrogen) atoms. The first kappa shape index (κ1) is 9.68. The minimum atomic E-state index is 0.159. The Hall–Kier alpha value is -0.410. The van der Waals surface area contributed by atoms with Gasteiger partial charge in [0.2, 0.25) is 0 Å². The highest BCUT2D eigenvalue weighted by Crippen LogP contribution is 2.06. The monoisotopic (exact) mass is 170 g/mol. The standard InChI is InChI=1S/C9H18N2O/c1-3-9(8(2)12)11-6-4-10-5-7-11/h9-10H,3-7H2,1-2H3. The van der Waals surface area contributed by atoms with E-state index in [1.807, 2.05) is 0 Å². The highest BCUT2D eigenvalue weighted by molar-refractivity contribution is 5.81. The SMILES string of the molecule is CCC(C(C)=O)N1CCNCC1. The number of carbonyl (C=O) groups excluding carboxylic acids is 1. The summed E-state index contributed by atoms with van der Waals surface area (Å²) >= 11 is 0. The van der Waals surface area contributed by atoms with Gasteiger partial charge in [-0.3, -0.25) is 9.69 Å². The summed E-state index contributed by atoms with van der Waals surface area (Å²) in [5.74, 6) is 0.305. The third kappa shape index (κ3) is 2.29. The molecule has 1 heterocycles. The molecule has 0 aromatic rings. The van der Waals surface area contributed by atoms with Crippen molar-refractivity contribution in [1.29, 1.82) is 0 Å². The Morgan fingerprint density at radius 2 is 2.08 bits per heavy atom. The molecule has 0 spiro atoms. The Kier molecular flexibility index (Phi) is 3.69. The van der Waals surface area contributed by atoms with Crippen molar-refractivity contribution in [1.82, 2.24) is 10.2 Å². The number of ketones is 1. The van der Waals surface area contributed by atoms with Gasteiger partial charge < -0.3 is 5.32 Å². The largest absolute Gasteiger partial charge is 0.314 e. The van der Waals surface area contributed by atoms with E-state index in [4.69, 9.17) is 0 Å². The molecule has 0 saturated carbocycles. The lowest BCUT2D eigenvalue weighted by Gasteiger charge is -2.32. The molecule has 0 amide bonds. The molecule has 1 rings (SSSR count). The molecule has 0 aromatic heterocycles. The molecule has 1 N–H and O–H groups in total. The van der Waals surface area contributed by atoms with Crippen LogP contribution in [-0.4, -0.2) is 42.9 Å². The molecule has 1 saturated heterocycles. The Balaban J connectivity index is 2.46. The minimum absolute atomic E-state index is 0.159. The number of hydrogen-bond donors (Lipinski definition) is 1. The van der Waals surface area contributed by atoms with Gasteiger partial charge in [-0.15, -0.1) is 0 Å². The van der Waals surface area contributed by atoms with E-state index in [1.165, 1.54) is 0 Å². The van der Waals surface area contributed by atoms with E-state index in [2.05, 4.69) is 17.1 Å². The zero-order chi connectivity index (χ0) is 8.97. The smallest absolute Gasteiger partial charge is 0.146 e. The number of Topliss-reactive ketones (excluding diaryl/α,β-unsaturated/α-hetero) is 1. The summed E-state index contributed by atoms with van der Waals surface area (Å²) in [5, 5.41) is 3.28. The first-order valence-corrected chi connectivity index (χ1v) is 4.71. The molecule has 1 aliphatic heterocycles. The van der Waals surface area contributed by atoms with Crippen LogP contribution in [0.25, 0.3) is 0 Å². The van der Waals surface area contributed by atoms with E-state index < -0.39 is 0 Å². The van der Waals surface area contributed by atoms with Crippen LogP contribution >= 0.6 is 0 Å². The average molecular weight is 170 g/mol. The van der Waals surface area contributed by atoms with Gasteiger partial charge in [0.25, 0.3) is 0 Å². The van der Waals surface area contributed by atoms with E-state index in [0.29, 0.717) is 5.78 Å². The van der Waals surface area contributed by atoms with Crippen molar-refractivity contribution in [3.05, 3.63) is 0 Å². The fraction of sp³-hybridized carbons (Fsp3) is 0.889. The third-order valence-corrected chi connectivity index (χ3v) is 2.45. The van der Waals surface area contributed by atoms with Crippen molar-refractivity contribution in [2.75, 3.05) is 26.2 Å². The van der Waals surface area contributed by atoms with Crippen LogP contribution in [0.3, 0.4) is 0 Å². The summed E-state index contributed by atoms with van der Waals surface area (Å²) in [5.41, 5.74) is 0. The van der Waals surface area contributed by atoms with Crippen molar-refractivity contribution < 1.29 is 4.79 Å². The summed E-state index contributed by atoms with van der Waals surface area (Å²) < 4.78 is 0. The van der Waals surface area contributed by atoms with Crippen LogP contribution < -0.4 is 5.32 Å². The molecule has 3 heteroatoms. The van der Waals surface area contributed by atoms with Gasteiger partial charge in [0.05, 0.1) is 6.04 Å². The van der Waals surface area contributed by atoms with Crippen LogP contribution in [0.1, 0.15) is 20.3 Å². The Bertz CT molecular complexity index is 153. The Labute approximate surface area is 74.1 Å². The summed E-state index contributed by atoms with van der Waals surface area (Å²) in [6, 6.07) is 0.159. The molecule has 0 aliphatic carbocycles. The maximum atomic E-state index is 11.2. The third-order valence-electron chi connectivity index (χ3n) is 2.45. The van der Waals surface area contributed by atoms with Gasteiger partial charge in [-0.05, 0) is 13.3 Å². The lowest BCUT2D eigenvalue weighted by Crippen LogP contribution is -2.50. The quantitative estimate of drug-likeness (QED) is 0.659. The van der Waals surface area contributed by atoms with Crippen molar-refractivity contribution in [3.63, 3.8) is 0 Å². The average Bonchev–Trinajstić information content (AvgIpc) is 2.07. The second-order valence-electron chi connectivity index (χ2n) is 3.32. The highest BCUT2D eigenvalue weighted by Gasteiger charge is 2.21. The summed E-state index contributed by atoms with van der Waals surface area (Å²) in [6.07, 6.45) is 0.940. The molecule has 1 atom stereocenters. The van der Waals surface area contributed by atoms with E-state index in [0.717, 1.165) is 32.6 Å². The van der Waals surface area contributed by atoms with Gasteiger partial charge in [-0.25, -0.2) is 0 Å². The Morgan fingerprint density at radius 1 is 1.50 bits per heavy atom. The van der Waals surface area contributed by atoms with Crippen molar-refractivity contribution in [3.8, 4) is 0 Å². The molecule has 0 aromatic carbocycles. The van der Waals surface area contributed by atoms with Crippen LogP contribution in [0.5, 0.6) is 0 Å². The molecule has 1 unspecified atom stereocenters. The van der Waals surface area contributed by atoms with E-state index in [9.17, 15) is 4.79 Å². The minimum Gasteiger partial charge on any atom is -0.314 e. The first-order valence-electron chi connectivity index (χ1n) is 4.71. The number of nitrogens with zero attached hydrogens (tertiary/aromatic N) is 1. The lowest BCUT2D eigenvalue weighted by molar-refractivity contribution is -0.122. The topological polar surface area (TPSA) is 32.3 Å². The van der Waals surface area contributed by atoms with Gasteiger partial charge in [0, 0.05) is 26.2 Å². The van der Waals surface area contributed by atoms with Gasteiger partial charge in [-0.2, -0.15) is 0 Å². The number of hydrogen-bond acceptors (Lipinski definition) is 3. The molecule has 70 valence electrons. The van der Waals surface area contributed by atoms with Crippen molar-refractivity contribution in [2.45, 2.75) is 26.3 Å². The number of nitrogens with one attached hydrogen (secondary N) is 1. The zero-order valence-electron chi connectivity index (χ0n) is 7.97. The molecule has 1 fully saturated rings. The number of piperazine rings is 1. The zero-order valence-corrected chi connectivity index (χ0v) is 7.97. The van der Waals surface area contributed by atoms with Crippen molar-refractivity contribution >= 4 is 5.78 Å². The first-order chi connectivity index (χ1) is 5.75.